The van der Waals surface area contributed by atoms with Crippen molar-refractivity contribution in [2.24, 2.45) is 5.92 Å². The number of halogens is 2. The molecule has 2 aliphatic heterocycles. The molecule has 14 heteroatoms. The quantitative estimate of drug-likeness (QED) is 0.313. The monoisotopic (exact) mass is 529 g/mol. The molecule has 1 aromatic carbocycles. The first-order chi connectivity index (χ1) is 16.4. The van der Waals surface area contributed by atoms with Crippen LogP contribution in [0.1, 0.15) is 43.5 Å². The lowest BCUT2D eigenvalue weighted by atomic mass is 9.64. The minimum Gasteiger partial charge on any atom is -0.717 e. The van der Waals surface area contributed by atoms with Crippen molar-refractivity contribution in [2.75, 3.05) is 13.6 Å². The van der Waals surface area contributed by atoms with Crippen LogP contribution in [0.3, 0.4) is 0 Å². The number of fused-ring (bicyclic) bond motifs is 2. The number of benzene rings is 1. The number of aliphatic carboxylic acids is 1. The zero-order valence-electron chi connectivity index (χ0n) is 19.4. The highest BCUT2D eigenvalue weighted by Gasteiger charge is 2.68. The third kappa shape index (κ3) is 5.88. The predicted octanol–water partition coefficient (Wildman–Crippen LogP) is 0.639. The van der Waals surface area contributed by atoms with Crippen molar-refractivity contribution in [1.82, 2.24) is 16.0 Å². The molecule has 4 N–H and O–H groups in total. The summed E-state index contributed by atoms with van der Waals surface area (Å²) < 4.78 is 15.4. The van der Waals surface area contributed by atoms with Crippen molar-refractivity contribution in [3.05, 3.63) is 33.8 Å². The molecule has 3 atom stereocenters. The number of carboxylic acids is 1. The summed E-state index contributed by atoms with van der Waals surface area (Å²) >= 11 is 11.9. The van der Waals surface area contributed by atoms with Crippen LogP contribution in [0, 0.1) is 5.92 Å². The number of amides is 3. The molecular formula is C21H26BCl2N3O8. The Balaban J connectivity index is 1.76. The Morgan fingerprint density at radius 2 is 1.91 bits per heavy atom. The molecular weight excluding hydrogens is 504 g/mol. The van der Waals surface area contributed by atoms with Gasteiger partial charge in [0.15, 0.2) is 5.60 Å². The van der Waals surface area contributed by atoms with Gasteiger partial charge in [0.1, 0.15) is 6.42 Å². The molecule has 3 rings (SSSR count). The van der Waals surface area contributed by atoms with Gasteiger partial charge in [-0.2, -0.15) is 0 Å². The molecule has 1 aromatic rings. The Kier molecular flexibility index (Phi) is 7.98. The van der Waals surface area contributed by atoms with Gasteiger partial charge in [-0.3, -0.25) is 19.2 Å². The summed E-state index contributed by atoms with van der Waals surface area (Å²) in [6, 6.07) is 4.34. The lowest BCUT2D eigenvalue weighted by Gasteiger charge is -2.43. The van der Waals surface area contributed by atoms with E-state index in [9.17, 15) is 24.0 Å². The molecule has 35 heavy (non-hydrogen) atoms. The number of carbonyl (C=O) groups excluding carboxylic acids is 4. The number of carbonyl (C=O) groups is 5. The van der Waals surface area contributed by atoms with E-state index in [2.05, 4.69) is 20.6 Å². The van der Waals surface area contributed by atoms with Gasteiger partial charge >= 0.3 is 12.7 Å². The molecule has 3 amide bonds. The summed E-state index contributed by atoms with van der Waals surface area (Å²) in [6.07, 6.45) is -0.632. The van der Waals surface area contributed by atoms with E-state index in [-0.39, 0.29) is 22.9 Å². The maximum atomic E-state index is 12.8. The highest BCUT2D eigenvalue weighted by Crippen LogP contribution is 2.41. The first-order valence-electron chi connectivity index (χ1n) is 11.0. The summed E-state index contributed by atoms with van der Waals surface area (Å²) in [5.41, 5.74) is -1.72. The summed E-state index contributed by atoms with van der Waals surface area (Å²) in [7, 11) is 1.39. The van der Waals surface area contributed by atoms with Crippen molar-refractivity contribution in [3.63, 3.8) is 0 Å². The van der Waals surface area contributed by atoms with Gasteiger partial charge in [0.05, 0.1) is 23.6 Å². The van der Waals surface area contributed by atoms with Crippen LogP contribution >= 0.6 is 23.2 Å². The van der Waals surface area contributed by atoms with Gasteiger partial charge in [-0.15, -0.1) is 0 Å². The summed E-state index contributed by atoms with van der Waals surface area (Å²) in [6.45, 7) is 0.296. The predicted molar refractivity (Wildman–Crippen MR) is 126 cm³/mol. The van der Waals surface area contributed by atoms with E-state index < -0.39 is 67.3 Å². The van der Waals surface area contributed by atoms with Crippen LogP contribution in [0.5, 0.6) is 0 Å². The van der Waals surface area contributed by atoms with Crippen LogP contribution < -0.4 is 16.0 Å². The number of hydrogen-bond acceptors (Lipinski definition) is 7. The van der Waals surface area contributed by atoms with E-state index in [1.165, 1.54) is 25.2 Å². The van der Waals surface area contributed by atoms with Gasteiger partial charge in [0.25, 0.3) is 11.9 Å². The SMILES string of the molecule is CNC(=O)C[C@]12CC(=O)[OH+][B-]([C@H](CC(C)C)NC(=O)CNC(=O)c3cc(Cl)ccc3Cl)(OC1=O)O2. The zero-order valence-corrected chi connectivity index (χ0v) is 20.9. The Hall–Kier alpha value is -2.83. The molecule has 2 saturated heterocycles. The molecule has 11 nitrogen and oxygen atoms in total. The largest absolute Gasteiger partial charge is 0.717 e. The molecule has 0 saturated carbocycles. The highest BCUT2D eigenvalue weighted by atomic mass is 35.5. The van der Waals surface area contributed by atoms with E-state index in [0.717, 1.165) is 0 Å². The molecule has 0 aromatic heterocycles. The Labute approximate surface area is 211 Å². The lowest BCUT2D eigenvalue weighted by molar-refractivity contribution is -0.169. The van der Waals surface area contributed by atoms with Crippen LogP contribution in [0.4, 0.5) is 0 Å². The van der Waals surface area contributed by atoms with E-state index in [1.807, 2.05) is 13.8 Å². The normalized spacial score (nSPS) is 23.8. The number of nitrogens with one attached hydrogen (secondary N) is 3. The number of hydrogen-bond donors (Lipinski definition) is 3. The van der Waals surface area contributed by atoms with Crippen LogP contribution in [0.15, 0.2) is 18.2 Å². The van der Waals surface area contributed by atoms with Gasteiger partial charge in [-0.1, -0.05) is 43.5 Å². The van der Waals surface area contributed by atoms with Gasteiger partial charge in [0.2, 0.25) is 11.8 Å². The van der Waals surface area contributed by atoms with Gasteiger partial charge in [-0.25, -0.2) is 0 Å². The first kappa shape index (κ1) is 26.8. The van der Waals surface area contributed by atoms with Crippen LogP contribution in [0.2, 0.25) is 10.0 Å². The Morgan fingerprint density at radius 1 is 1.20 bits per heavy atom. The fourth-order valence-corrected chi connectivity index (χ4v) is 4.50. The molecule has 1 unspecified atom stereocenters. The van der Waals surface area contributed by atoms with Crippen molar-refractivity contribution in [2.45, 2.75) is 44.7 Å². The van der Waals surface area contributed by atoms with Crippen LogP contribution in [-0.2, 0) is 28.5 Å². The zero-order chi connectivity index (χ0) is 26.0. The molecule has 2 bridgehead atoms. The maximum Gasteiger partial charge on any atom is 0.594 e. The standard InChI is InChI=1S/C21H26BCl2N3O8/c1-11(2)6-15(27-17(29)10-26-19(31)13-7-12(23)4-5-14(13)24)22-33-18(30)9-21(35-22,20(32)34-22)8-16(28)25-3/h4-5,7,11,15,33H,6,8-10H2,1-3H3,(H,25,28)(H,26,31)(H,27,29)/t15-,21-,22?/m0/s1. The van der Waals surface area contributed by atoms with Crippen LogP contribution in [0.25, 0.3) is 0 Å². The molecule has 190 valence electrons. The summed E-state index contributed by atoms with van der Waals surface area (Å²) in [4.78, 5) is 62.4. The van der Waals surface area contributed by atoms with Gasteiger partial charge < -0.3 is 29.9 Å². The fourth-order valence-electron chi connectivity index (χ4n) is 4.12. The fraction of sp³-hybridized carbons (Fsp3) is 0.476. The highest BCUT2D eigenvalue weighted by molar-refractivity contribution is 6.67. The van der Waals surface area contributed by atoms with E-state index >= 15 is 0 Å². The number of rotatable bonds is 9. The molecule has 0 spiro atoms. The van der Waals surface area contributed by atoms with Crippen LogP contribution in [-0.4, -0.2) is 66.2 Å². The van der Waals surface area contributed by atoms with E-state index in [0.29, 0.717) is 5.02 Å². The van der Waals surface area contributed by atoms with Crippen molar-refractivity contribution in [1.29, 1.82) is 0 Å². The maximum absolute atomic E-state index is 12.8. The van der Waals surface area contributed by atoms with Crippen molar-refractivity contribution >= 4 is 59.6 Å². The van der Waals surface area contributed by atoms with Gasteiger partial charge in [0, 0.05) is 22.8 Å². The minimum atomic E-state index is -2.96. The van der Waals surface area contributed by atoms with E-state index in [4.69, 9.17) is 32.5 Å². The van der Waals surface area contributed by atoms with Gasteiger partial charge in [-0.05, 0) is 24.1 Å². The Bertz CT molecular complexity index is 1070. The molecule has 2 aliphatic rings. The second-order valence-corrected chi connectivity index (χ2v) is 9.75. The average Bonchev–Trinajstić information content (AvgIpc) is 2.98. The summed E-state index contributed by atoms with van der Waals surface area (Å²) in [5, 5.41) is 7.95. The van der Waals surface area contributed by atoms with Crippen molar-refractivity contribution < 1.29 is 37.9 Å². The third-order valence-electron chi connectivity index (χ3n) is 5.69. The first-order valence-corrected chi connectivity index (χ1v) is 11.7. The minimum absolute atomic E-state index is 0.0279. The smallest absolute Gasteiger partial charge is 0.594 e. The molecule has 2 heterocycles. The molecule has 2 fully saturated rings. The molecule has 0 radical (unpaired) electrons. The lowest BCUT2D eigenvalue weighted by Crippen LogP contribution is -2.67. The molecule has 0 aliphatic carbocycles. The van der Waals surface area contributed by atoms with Crippen molar-refractivity contribution in [3.8, 4) is 0 Å². The van der Waals surface area contributed by atoms with E-state index in [1.54, 1.807) is 0 Å². The third-order valence-corrected chi connectivity index (χ3v) is 6.26. The average molecular weight is 530 g/mol. The topological polar surface area (TPSA) is 153 Å². The second kappa shape index (κ2) is 10.4. The summed E-state index contributed by atoms with van der Waals surface area (Å²) in [5.74, 6) is -4.37. The Morgan fingerprint density at radius 3 is 2.57 bits per heavy atom. The second-order valence-electron chi connectivity index (χ2n) is 8.91.